The Bertz CT molecular complexity index is 2120. The fraction of sp³-hybridized carbons (Fsp3) is 0.659. The maximum absolute atomic E-state index is 15.0. The van der Waals surface area contributed by atoms with Gasteiger partial charge in [-0.1, -0.05) is 46.1 Å². The summed E-state index contributed by atoms with van der Waals surface area (Å²) in [6.45, 7) is 12.3. The molecule has 5 atom stereocenters. The van der Waals surface area contributed by atoms with Crippen LogP contribution < -0.4 is 29.6 Å². The Kier molecular flexibility index (Phi) is 12.6. The topological polar surface area (TPSA) is 192 Å². The molecule has 2 aliphatic heterocycles. The van der Waals surface area contributed by atoms with Gasteiger partial charge in [0.2, 0.25) is 27.7 Å². The lowest BCUT2D eigenvalue weighted by Crippen LogP contribution is -2.59. The molecule has 4 bridgehead atoms. The molecule has 15 nitrogen and oxygen atoms in total. The van der Waals surface area contributed by atoms with E-state index in [0.717, 1.165) is 54.4 Å². The maximum atomic E-state index is 15.0. The third-order valence-electron chi connectivity index (χ3n) is 13.0. The minimum Gasteiger partial charge on any atom is -0.496 e. The second-order valence-electron chi connectivity index (χ2n) is 18.0. The SMILES string of the molecule is C=C[C@H]1CC1(NC(=O)[C@@H]1C[C@@H]2CN1C(=O)[C@H](C1CCCCC1)NC(=O)OCC(C)(C)CCCc1cc3c(cc(OCC)nc3c(CC)c1OC)O2)C(=O)NS(=O)(=O)C1CC1. The largest absolute Gasteiger partial charge is 0.496 e. The van der Waals surface area contributed by atoms with Crippen LogP contribution in [0.2, 0.25) is 0 Å². The van der Waals surface area contributed by atoms with Crippen LogP contribution in [-0.2, 0) is 42.0 Å². The van der Waals surface area contributed by atoms with E-state index in [-0.39, 0.29) is 37.3 Å². The van der Waals surface area contributed by atoms with Gasteiger partial charge in [0.05, 0.1) is 37.6 Å². The van der Waals surface area contributed by atoms with Crippen molar-refractivity contribution in [3.63, 3.8) is 0 Å². The first-order valence-corrected chi connectivity index (χ1v) is 23.3. The Hall–Kier alpha value is -4.60. The van der Waals surface area contributed by atoms with E-state index in [1.165, 1.54) is 11.0 Å². The third kappa shape index (κ3) is 9.03. The third-order valence-corrected chi connectivity index (χ3v) is 14.8. The zero-order valence-electron chi connectivity index (χ0n) is 35.6. The monoisotopic (exact) mass is 851 g/mol. The summed E-state index contributed by atoms with van der Waals surface area (Å²) in [6.07, 6.45) is 8.25. The number of ether oxygens (including phenoxy) is 4. The van der Waals surface area contributed by atoms with Crippen LogP contribution in [0.5, 0.6) is 17.4 Å². The van der Waals surface area contributed by atoms with Gasteiger partial charge in [-0.15, -0.1) is 6.58 Å². The molecule has 4 fully saturated rings. The minimum absolute atomic E-state index is 0.0124. The zero-order chi connectivity index (χ0) is 43.0. The number of aryl methyl sites for hydroxylation is 2. The average Bonchev–Trinajstić information content (AvgIpc) is 4.15. The molecule has 3 saturated carbocycles. The molecule has 3 aliphatic carbocycles. The molecule has 1 aromatic carbocycles. The van der Waals surface area contributed by atoms with Crippen LogP contribution in [0.25, 0.3) is 10.9 Å². The molecule has 1 aromatic heterocycles. The van der Waals surface area contributed by atoms with Crippen molar-refractivity contribution in [2.45, 2.75) is 140 Å². The molecule has 2 aromatic rings. The van der Waals surface area contributed by atoms with Gasteiger partial charge in [0, 0.05) is 29.4 Å². The normalized spacial score (nSPS) is 27.4. The Labute approximate surface area is 353 Å². The molecule has 1 unspecified atom stereocenters. The number of rotatable bonds is 11. The summed E-state index contributed by atoms with van der Waals surface area (Å²) >= 11 is 0. The highest BCUT2D eigenvalue weighted by Gasteiger charge is 2.62. The second kappa shape index (κ2) is 17.4. The van der Waals surface area contributed by atoms with Crippen LogP contribution in [0.15, 0.2) is 24.8 Å². The smallest absolute Gasteiger partial charge is 0.407 e. The Morgan fingerprint density at radius 3 is 2.50 bits per heavy atom. The predicted octanol–water partition coefficient (Wildman–Crippen LogP) is 5.26. The standard InChI is InChI=1S/C44H61N5O10S/c1-7-28-23-44(28,41(52)48-60(54,55)30-17-18-30)47-39(50)33-21-29-24-49(33)40(51)36(26-14-11-10-12-15-26)46-42(53)58-25-43(4,5)19-13-16-27-20-32-34(59-29)22-35(57-9-3)45-37(32)31(8-2)38(27)56-6/h7,20,22,26,28-30,33,36H,1,8-19,21,23-25H2,2-6H3,(H,46,53)(H,47,50)(H,48,52)/t28-,29+,33-,36-,44?/m0/s1. The summed E-state index contributed by atoms with van der Waals surface area (Å²) in [4.78, 5) is 63.3. The summed E-state index contributed by atoms with van der Waals surface area (Å²) in [6, 6.07) is 1.66. The molecule has 7 rings (SSSR count). The molecule has 3 heterocycles. The lowest BCUT2D eigenvalue weighted by Gasteiger charge is -2.35. The van der Waals surface area contributed by atoms with Gasteiger partial charge in [-0.05, 0) is 87.7 Å². The second-order valence-corrected chi connectivity index (χ2v) is 19.9. The number of alkyl carbamates (subject to hydrolysis) is 1. The van der Waals surface area contributed by atoms with Crippen LogP contribution in [0, 0.1) is 17.3 Å². The highest BCUT2D eigenvalue weighted by molar-refractivity contribution is 7.91. The molecule has 4 amide bonds. The molecule has 3 N–H and O–H groups in total. The molecule has 60 heavy (non-hydrogen) atoms. The maximum Gasteiger partial charge on any atom is 0.407 e. The van der Waals surface area contributed by atoms with Crippen molar-refractivity contribution in [2.24, 2.45) is 17.3 Å². The summed E-state index contributed by atoms with van der Waals surface area (Å²) in [5, 5.41) is 5.89. The van der Waals surface area contributed by atoms with Gasteiger partial charge in [-0.3, -0.25) is 19.1 Å². The molecule has 5 aliphatic rings. The van der Waals surface area contributed by atoms with Crippen molar-refractivity contribution in [1.29, 1.82) is 0 Å². The number of pyridine rings is 1. The van der Waals surface area contributed by atoms with Crippen molar-refractivity contribution >= 4 is 44.7 Å². The van der Waals surface area contributed by atoms with Gasteiger partial charge in [0.15, 0.2) is 0 Å². The number of aromatic nitrogens is 1. The van der Waals surface area contributed by atoms with E-state index in [2.05, 4.69) is 21.9 Å². The molecular weight excluding hydrogens is 791 g/mol. The number of sulfonamides is 1. The highest BCUT2D eigenvalue weighted by atomic mass is 32.2. The van der Waals surface area contributed by atoms with Crippen molar-refractivity contribution < 1.29 is 46.5 Å². The van der Waals surface area contributed by atoms with Crippen LogP contribution >= 0.6 is 0 Å². The average molecular weight is 852 g/mol. The number of cyclic esters (lactones) is 1. The number of carbonyl (C=O) groups excluding carboxylic acids is 4. The first-order valence-electron chi connectivity index (χ1n) is 21.7. The lowest BCUT2D eigenvalue weighted by atomic mass is 9.83. The zero-order valence-corrected chi connectivity index (χ0v) is 36.4. The summed E-state index contributed by atoms with van der Waals surface area (Å²) < 4.78 is 52.6. The van der Waals surface area contributed by atoms with Crippen LogP contribution in [0.1, 0.15) is 109 Å². The van der Waals surface area contributed by atoms with Crippen molar-refractivity contribution in [2.75, 3.05) is 26.9 Å². The van der Waals surface area contributed by atoms with Crippen molar-refractivity contribution in [3.8, 4) is 17.4 Å². The summed E-state index contributed by atoms with van der Waals surface area (Å²) in [5.74, 6) is -1.07. The molecule has 328 valence electrons. The van der Waals surface area contributed by atoms with Crippen molar-refractivity contribution in [1.82, 2.24) is 25.2 Å². The molecular formula is C44H61N5O10S. The minimum atomic E-state index is -3.91. The molecule has 0 spiro atoms. The van der Waals surface area contributed by atoms with E-state index in [4.69, 9.17) is 23.9 Å². The van der Waals surface area contributed by atoms with Gasteiger partial charge in [0.25, 0.3) is 5.91 Å². The van der Waals surface area contributed by atoms with Gasteiger partial charge in [-0.25, -0.2) is 18.2 Å². The van der Waals surface area contributed by atoms with Crippen LogP contribution in [0.4, 0.5) is 4.79 Å². The van der Waals surface area contributed by atoms with Gasteiger partial charge < -0.3 is 34.5 Å². The number of hydrogen-bond acceptors (Lipinski definition) is 11. The number of fused-ring (bicyclic) bond motifs is 3. The van der Waals surface area contributed by atoms with E-state index in [9.17, 15) is 22.8 Å². The van der Waals surface area contributed by atoms with Gasteiger partial charge >= 0.3 is 6.09 Å². The lowest BCUT2D eigenvalue weighted by molar-refractivity contribution is -0.142. The van der Waals surface area contributed by atoms with Gasteiger partial charge in [-0.2, -0.15) is 0 Å². The number of methoxy groups -OCH3 is 1. The number of amides is 4. The molecule has 0 radical (unpaired) electrons. The fourth-order valence-corrected chi connectivity index (χ4v) is 10.7. The van der Waals surface area contributed by atoms with Crippen LogP contribution in [0.3, 0.4) is 0 Å². The Balaban J connectivity index is 1.29. The fourth-order valence-electron chi connectivity index (χ4n) is 9.37. The first-order chi connectivity index (χ1) is 28.6. The van der Waals surface area contributed by atoms with E-state index in [1.807, 2.05) is 33.8 Å². The van der Waals surface area contributed by atoms with E-state index >= 15 is 4.79 Å². The highest BCUT2D eigenvalue weighted by Crippen LogP contribution is 2.46. The summed E-state index contributed by atoms with van der Waals surface area (Å²) in [5.41, 5.74) is 0.593. The Morgan fingerprint density at radius 1 is 1.10 bits per heavy atom. The van der Waals surface area contributed by atoms with E-state index in [1.54, 1.807) is 13.2 Å². The number of hydrogen-bond donors (Lipinski definition) is 3. The van der Waals surface area contributed by atoms with Crippen LogP contribution in [-0.4, -0.2) is 98.0 Å². The molecule has 1 saturated heterocycles. The number of nitrogens with one attached hydrogen (secondary N) is 3. The number of benzene rings is 1. The van der Waals surface area contributed by atoms with Crippen molar-refractivity contribution in [3.05, 3.63) is 35.9 Å². The number of carbonyl (C=O) groups is 4. The predicted molar refractivity (Wildman–Crippen MR) is 224 cm³/mol. The molecule has 16 heteroatoms. The quantitative estimate of drug-likeness (QED) is 0.250. The number of nitrogens with zero attached hydrogens (tertiary/aromatic N) is 2. The van der Waals surface area contributed by atoms with Gasteiger partial charge in [0.1, 0.15) is 35.2 Å². The van der Waals surface area contributed by atoms with E-state index < -0.39 is 68.7 Å². The van der Waals surface area contributed by atoms with E-state index in [0.29, 0.717) is 62.3 Å². The summed E-state index contributed by atoms with van der Waals surface area (Å²) in [7, 11) is -2.26. The Morgan fingerprint density at radius 2 is 1.85 bits per heavy atom. The first kappa shape index (κ1) is 43.5.